The fourth-order valence-corrected chi connectivity index (χ4v) is 3.31. The number of nitroso groups, excluding NO2 is 1. The van der Waals surface area contributed by atoms with Gasteiger partial charge in [-0.15, -0.1) is 4.91 Å². The van der Waals surface area contributed by atoms with E-state index in [2.05, 4.69) is 27.7 Å². The largest absolute Gasteiger partial charge is 0.350 e. The molecular weight excluding hydrogens is 434 g/mol. The normalized spacial score (nSPS) is 12.0. The van der Waals surface area contributed by atoms with Crippen molar-refractivity contribution in [3.63, 3.8) is 0 Å². The third-order valence-electron chi connectivity index (χ3n) is 5.04. The van der Waals surface area contributed by atoms with E-state index in [-0.39, 0.29) is 11.8 Å². The lowest BCUT2D eigenvalue weighted by molar-refractivity contribution is -0.128. The van der Waals surface area contributed by atoms with Gasteiger partial charge in [-0.3, -0.25) is 9.59 Å². The molecule has 34 heavy (non-hydrogen) atoms. The molecule has 0 aliphatic heterocycles. The third kappa shape index (κ3) is 9.23. The quantitative estimate of drug-likeness (QED) is 0.311. The van der Waals surface area contributed by atoms with Crippen LogP contribution in [0.25, 0.3) is 0 Å². The number of urea groups is 1. The van der Waals surface area contributed by atoms with E-state index in [1.54, 1.807) is 0 Å². The molecule has 2 aromatic rings. The lowest BCUT2D eigenvalue weighted by Crippen LogP contribution is -2.47. The van der Waals surface area contributed by atoms with Crippen LogP contribution in [0, 0.1) is 4.91 Å². The van der Waals surface area contributed by atoms with Crippen LogP contribution in [0.15, 0.2) is 78.5 Å². The number of carbonyl (C=O) groups excluding carboxylic acids is 3. The first kappa shape index (κ1) is 26.2. The molecule has 180 valence electrons. The molecule has 1 unspecified atom stereocenters. The van der Waals surface area contributed by atoms with Gasteiger partial charge in [0.2, 0.25) is 11.8 Å². The molecule has 9 heteroatoms. The summed E-state index contributed by atoms with van der Waals surface area (Å²) in [5.74, 6) is -0.611. The Balaban J connectivity index is 2.00. The molecule has 2 rings (SSSR count). The van der Waals surface area contributed by atoms with Crippen molar-refractivity contribution >= 4 is 17.8 Å². The maximum atomic E-state index is 12.7. The SMILES string of the molecule is C=CC(N=O)NC(=O)N(CCC[C@H](NC(C)=O)C(=O)NCc1ccccc1)Cc1ccccc1. The predicted octanol–water partition coefficient (Wildman–Crippen LogP) is 3.08. The maximum absolute atomic E-state index is 12.7. The van der Waals surface area contributed by atoms with Crippen LogP contribution in [0.3, 0.4) is 0 Å². The predicted molar refractivity (Wildman–Crippen MR) is 130 cm³/mol. The van der Waals surface area contributed by atoms with Gasteiger partial charge in [0.15, 0.2) is 6.17 Å². The first-order chi connectivity index (χ1) is 16.4. The number of benzene rings is 2. The van der Waals surface area contributed by atoms with Gasteiger partial charge in [0, 0.05) is 26.6 Å². The zero-order valence-corrected chi connectivity index (χ0v) is 19.3. The summed E-state index contributed by atoms with van der Waals surface area (Å²) in [6, 6.07) is 17.7. The van der Waals surface area contributed by atoms with Gasteiger partial charge < -0.3 is 20.9 Å². The smallest absolute Gasteiger partial charge is 0.319 e. The maximum Gasteiger partial charge on any atom is 0.319 e. The van der Waals surface area contributed by atoms with Crippen LogP contribution in [-0.2, 0) is 22.7 Å². The van der Waals surface area contributed by atoms with Crippen LogP contribution in [0.2, 0.25) is 0 Å². The number of hydrogen-bond donors (Lipinski definition) is 3. The van der Waals surface area contributed by atoms with E-state index in [0.29, 0.717) is 32.5 Å². The van der Waals surface area contributed by atoms with Crippen LogP contribution in [-0.4, -0.2) is 41.5 Å². The molecule has 0 bridgehead atoms. The van der Waals surface area contributed by atoms with Crippen molar-refractivity contribution in [2.75, 3.05) is 6.54 Å². The lowest BCUT2D eigenvalue weighted by Gasteiger charge is -2.25. The summed E-state index contributed by atoms with van der Waals surface area (Å²) in [6.45, 7) is 5.79. The molecule has 0 saturated heterocycles. The average Bonchev–Trinajstić information content (AvgIpc) is 2.85. The Morgan fingerprint density at radius 2 is 1.62 bits per heavy atom. The van der Waals surface area contributed by atoms with Crippen LogP contribution in [0.4, 0.5) is 4.79 Å². The number of carbonyl (C=O) groups is 3. The highest BCUT2D eigenvalue weighted by molar-refractivity contribution is 5.86. The lowest BCUT2D eigenvalue weighted by atomic mass is 10.1. The van der Waals surface area contributed by atoms with Crippen LogP contribution in [0.5, 0.6) is 0 Å². The minimum Gasteiger partial charge on any atom is -0.350 e. The zero-order valence-electron chi connectivity index (χ0n) is 19.3. The van der Waals surface area contributed by atoms with Crippen molar-refractivity contribution in [3.05, 3.63) is 89.4 Å². The zero-order chi connectivity index (χ0) is 24.8. The Kier molecular flexibility index (Phi) is 11.0. The van der Waals surface area contributed by atoms with Crippen LogP contribution >= 0.6 is 0 Å². The summed E-state index contributed by atoms with van der Waals surface area (Å²) in [7, 11) is 0. The van der Waals surface area contributed by atoms with Crippen molar-refractivity contribution in [1.82, 2.24) is 20.9 Å². The second kappa shape index (κ2) is 14.2. The minimum atomic E-state index is -1.04. The Morgan fingerprint density at radius 1 is 1.00 bits per heavy atom. The first-order valence-electron chi connectivity index (χ1n) is 11.1. The van der Waals surface area contributed by atoms with Gasteiger partial charge in [-0.2, -0.15) is 0 Å². The van der Waals surface area contributed by atoms with E-state index in [4.69, 9.17) is 0 Å². The van der Waals surface area contributed by atoms with E-state index >= 15 is 0 Å². The number of hydrogen-bond acceptors (Lipinski definition) is 5. The summed E-state index contributed by atoms with van der Waals surface area (Å²) in [4.78, 5) is 49.5. The van der Waals surface area contributed by atoms with E-state index in [1.807, 2.05) is 60.7 Å². The molecule has 0 fully saturated rings. The molecular formula is C25H31N5O4. The Bertz CT molecular complexity index is 944. The summed E-state index contributed by atoms with van der Waals surface area (Å²) in [5.41, 5.74) is 1.86. The van der Waals surface area contributed by atoms with E-state index in [1.165, 1.54) is 17.9 Å². The highest BCUT2D eigenvalue weighted by atomic mass is 16.3. The van der Waals surface area contributed by atoms with E-state index in [9.17, 15) is 19.3 Å². The fraction of sp³-hybridized carbons (Fsp3) is 0.320. The molecule has 0 saturated carbocycles. The van der Waals surface area contributed by atoms with Crippen molar-refractivity contribution in [2.45, 2.75) is 45.1 Å². The Hall–Kier alpha value is -4.01. The number of amides is 4. The molecule has 2 atom stereocenters. The van der Waals surface area contributed by atoms with Crippen molar-refractivity contribution in [3.8, 4) is 0 Å². The molecule has 0 aliphatic carbocycles. The fourth-order valence-electron chi connectivity index (χ4n) is 3.31. The second-order valence-electron chi connectivity index (χ2n) is 7.74. The summed E-state index contributed by atoms with van der Waals surface area (Å²) < 4.78 is 0. The van der Waals surface area contributed by atoms with Crippen molar-refractivity contribution in [1.29, 1.82) is 0 Å². The molecule has 0 heterocycles. The highest BCUT2D eigenvalue weighted by Gasteiger charge is 2.21. The average molecular weight is 466 g/mol. The molecule has 0 aliphatic rings. The van der Waals surface area contributed by atoms with Gasteiger partial charge in [-0.25, -0.2) is 4.79 Å². The first-order valence-corrected chi connectivity index (χ1v) is 11.1. The van der Waals surface area contributed by atoms with Crippen molar-refractivity contribution in [2.24, 2.45) is 5.18 Å². The molecule has 9 nitrogen and oxygen atoms in total. The number of nitrogens with one attached hydrogen (secondary N) is 3. The van der Waals surface area contributed by atoms with E-state index in [0.717, 1.165) is 11.1 Å². The Morgan fingerprint density at radius 3 is 2.18 bits per heavy atom. The minimum absolute atomic E-state index is 0.296. The van der Waals surface area contributed by atoms with Crippen LogP contribution in [0.1, 0.15) is 30.9 Å². The molecule has 0 spiro atoms. The van der Waals surface area contributed by atoms with Gasteiger partial charge in [-0.05, 0) is 35.2 Å². The summed E-state index contributed by atoms with van der Waals surface area (Å²) in [5, 5.41) is 10.8. The molecule has 2 aromatic carbocycles. The standard InChI is InChI=1S/C25H31N5O4/c1-3-23(29-34)28-25(33)30(18-21-13-8-5-9-14-21)16-10-15-22(27-19(2)31)24(32)26-17-20-11-6-4-7-12-20/h3-9,11-14,22-23H,1,10,15-18H2,2H3,(H,26,32)(H,27,31)(H,28,33)/t22-,23?/m0/s1. The number of nitrogens with zero attached hydrogens (tertiary/aromatic N) is 2. The van der Waals surface area contributed by atoms with Gasteiger partial charge in [0.05, 0.1) is 0 Å². The third-order valence-corrected chi connectivity index (χ3v) is 5.04. The van der Waals surface area contributed by atoms with Crippen LogP contribution < -0.4 is 16.0 Å². The van der Waals surface area contributed by atoms with Gasteiger partial charge >= 0.3 is 6.03 Å². The van der Waals surface area contributed by atoms with Gasteiger partial charge in [-0.1, -0.05) is 67.2 Å². The summed E-state index contributed by atoms with van der Waals surface area (Å²) in [6.07, 6.45) is 0.976. The summed E-state index contributed by atoms with van der Waals surface area (Å²) >= 11 is 0. The monoisotopic (exact) mass is 465 g/mol. The van der Waals surface area contributed by atoms with Gasteiger partial charge in [0.25, 0.3) is 0 Å². The highest BCUT2D eigenvalue weighted by Crippen LogP contribution is 2.09. The topological polar surface area (TPSA) is 120 Å². The second-order valence-corrected chi connectivity index (χ2v) is 7.74. The molecule has 3 N–H and O–H groups in total. The number of rotatable bonds is 13. The Labute approximate surface area is 199 Å². The van der Waals surface area contributed by atoms with Crippen molar-refractivity contribution < 1.29 is 14.4 Å². The molecule has 0 radical (unpaired) electrons. The van der Waals surface area contributed by atoms with E-state index < -0.39 is 18.2 Å². The molecule has 4 amide bonds. The van der Waals surface area contributed by atoms with Gasteiger partial charge in [0.1, 0.15) is 6.04 Å². The molecule has 0 aromatic heterocycles.